The predicted octanol–water partition coefficient (Wildman–Crippen LogP) is 1.47. The van der Waals surface area contributed by atoms with E-state index in [1.807, 2.05) is 18.2 Å². The van der Waals surface area contributed by atoms with Crippen molar-refractivity contribution in [1.29, 1.82) is 5.26 Å². The molecule has 0 aliphatic rings. The highest BCUT2D eigenvalue weighted by molar-refractivity contribution is 5.92. The molecule has 2 rings (SSSR count). The Morgan fingerprint density at radius 2 is 2.21 bits per heavy atom. The smallest absolute Gasteiger partial charge is 0.270 e. The first-order chi connectivity index (χ1) is 9.19. The summed E-state index contributed by atoms with van der Waals surface area (Å²) < 4.78 is 0. The Morgan fingerprint density at radius 3 is 2.84 bits per heavy atom. The number of hydrogen-bond acceptors (Lipinski definition) is 4. The number of hydrogen-bond donors (Lipinski definition) is 2. The molecule has 0 aliphatic carbocycles. The summed E-state index contributed by atoms with van der Waals surface area (Å²) in [5, 5.41) is 11.4. The van der Waals surface area contributed by atoms with Crippen molar-refractivity contribution in [1.82, 2.24) is 10.3 Å². The van der Waals surface area contributed by atoms with Crippen molar-refractivity contribution >= 4 is 11.6 Å². The first-order valence-corrected chi connectivity index (χ1v) is 5.68. The van der Waals surface area contributed by atoms with Crippen molar-refractivity contribution < 1.29 is 4.79 Å². The molecule has 0 aliphatic heterocycles. The fourth-order valence-corrected chi connectivity index (χ4v) is 1.57. The van der Waals surface area contributed by atoms with Crippen LogP contribution in [0.2, 0.25) is 0 Å². The minimum atomic E-state index is -0.285. The van der Waals surface area contributed by atoms with Gasteiger partial charge in [-0.3, -0.25) is 4.79 Å². The number of benzene rings is 1. The van der Waals surface area contributed by atoms with Crippen molar-refractivity contribution in [2.24, 2.45) is 0 Å². The Kier molecular flexibility index (Phi) is 3.74. The summed E-state index contributed by atoms with van der Waals surface area (Å²) in [4.78, 5) is 15.7. The average molecular weight is 252 g/mol. The Balaban J connectivity index is 1.99. The van der Waals surface area contributed by atoms with Crippen LogP contribution in [-0.2, 0) is 6.54 Å². The zero-order valence-corrected chi connectivity index (χ0v) is 10.1. The number of aromatic nitrogens is 1. The number of nitriles is 1. The van der Waals surface area contributed by atoms with Gasteiger partial charge in [0.05, 0.1) is 5.56 Å². The van der Waals surface area contributed by atoms with Gasteiger partial charge >= 0.3 is 0 Å². The number of anilines is 1. The lowest BCUT2D eigenvalue weighted by atomic mass is 10.2. The van der Waals surface area contributed by atoms with Crippen LogP contribution in [0.4, 0.5) is 5.69 Å². The zero-order valence-electron chi connectivity index (χ0n) is 10.1. The van der Waals surface area contributed by atoms with E-state index < -0.39 is 0 Å². The molecule has 1 heterocycles. The number of nitrogens with one attached hydrogen (secondary N) is 1. The maximum absolute atomic E-state index is 11.8. The summed E-state index contributed by atoms with van der Waals surface area (Å²) in [5.74, 6) is -0.285. The predicted molar refractivity (Wildman–Crippen MR) is 71.0 cm³/mol. The Labute approximate surface area is 110 Å². The molecule has 0 atom stereocenters. The molecule has 0 spiro atoms. The molecular weight excluding hydrogens is 240 g/mol. The quantitative estimate of drug-likeness (QED) is 0.809. The number of nitrogen functional groups attached to an aromatic ring is 1. The molecule has 5 heteroatoms. The van der Waals surface area contributed by atoms with E-state index in [0.717, 1.165) is 5.56 Å². The van der Waals surface area contributed by atoms with E-state index in [2.05, 4.69) is 10.3 Å². The first-order valence-electron chi connectivity index (χ1n) is 5.68. The summed E-state index contributed by atoms with van der Waals surface area (Å²) >= 11 is 0. The molecular formula is C14H12N4O. The normalized spacial score (nSPS) is 9.63. The molecule has 1 amide bonds. The van der Waals surface area contributed by atoms with Gasteiger partial charge in [-0.25, -0.2) is 4.98 Å². The molecule has 94 valence electrons. The molecule has 2 aromatic rings. The number of amides is 1. The lowest BCUT2D eigenvalue weighted by Crippen LogP contribution is -2.23. The van der Waals surface area contributed by atoms with Gasteiger partial charge in [0.15, 0.2) is 0 Å². The minimum Gasteiger partial charge on any atom is -0.399 e. The number of carbonyl (C=O) groups excluding carboxylic acids is 1. The molecule has 0 fully saturated rings. The van der Waals surface area contributed by atoms with Crippen LogP contribution in [-0.4, -0.2) is 10.9 Å². The summed E-state index contributed by atoms with van der Waals surface area (Å²) in [5.41, 5.74) is 7.93. The minimum absolute atomic E-state index is 0.280. The molecule has 0 bridgehead atoms. The Bertz CT molecular complexity index is 629. The van der Waals surface area contributed by atoms with E-state index >= 15 is 0 Å². The Morgan fingerprint density at radius 1 is 1.37 bits per heavy atom. The Hall–Kier alpha value is -2.87. The van der Waals surface area contributed by atoms with E-state index in [9.17, 15) is 4.79 Å². The third kappa shape index (κ3) is 3.30. The highest BCUT2D eigenvalue weighted by Crippen LogP contribution is 2.06. The van der Waals surface area contributed by atoms with Gasteiger partial charge in [-0.1, -0.05) is 12.1 Å². The van der Waals surface area contributed by atoms with Gasteiger partial charge in [-0.2, -0.15) is 5.26 Å². The second-order valence-corrected chi connectivity index (χ2v) is 3.97. The molecule has 0 unspecified atom stereocenters. The van der Waals surface area contributed by atoms with Crippen molar-refractivity contribution in [3.05, 3.63) is 59.4 Å². The zero-order chi connectivity index (χ0) is 13.7. The highest BCUT2D eigenvalue weighted by Gasteiger charge is 2.06. The van der Waals surface area contributed by atoms with E-state index in [1.54, 1.807) is 18.2 Å². The standard InChI is InChI=1S/C14H12N4O/c15-7-11-4-5-13(17-9-11)14(19)18-8-10-2-1-3-12(16)6-10/h1-6,9H,8,16H2,(H,18,19). The average Bonchev–Trinajstić information content (AvgIpc) is 2.45. The van der Waals surface area contributed by atoms with Crippen molar-refractivity contribution in [3.8, 4) is 6.07 Å². The van der Waals surface area contributed by atoms with Gasteiger partial charge in [0.25, 0.3) is 5.91 Å². The maximum Gasteiger partial charge on any atom is 0.270 e. The van der Waals surface area contributed by atoms with Gasteiger partial charge in [0, 0.05) is 18.4 Å². The molecule has 0 radical (unpaired) electrons. The summed E-state index contributed by atoms with van der Waals surface area (Å²) in [6.07, 6.45) is 1.37. The van der Waals surface area contributed by atoms with Crippen LogP contribution in [0, 0.1) is 11.3 Å². The lowest BCUT2D eigenvalue weighted by molar-refractivity contribution is 0.0946. The summed E-state index contributed by atoms with van der Waals surface area (Å²) in [6, 6.07) is 12.3. The summed E-state index contributed by atoms with van der Waals surface area (Å²) in [7, 11) is 0. The molecule has 0 saturated heterocycles. The van der Waals surface area contributed by atoms with Crippen LogP contribution in [0.1, 0.15) is 21.6 Å². The molecule has 1 aromatic heterocycles. The molecule has 1 aromatic carbocycles. The van der Waals surface area contributed by atoms with Crippen LogP contribution in [0.5, 0.6) is 0 Å². The van der Waals surface area contributed by atoms with E-state index in [4.69, 9.17) is 11.0 Å². The van der Waals surface area contributed by atoms with Gasteiger partial charge in [-0.05, 0) is 29.8 Å². The van der Waals surface area contributed by atoms with Gasteiger partial charge < -0.3 is 11.1 Å². The van der Waals surface area contributed by atoms with Gasteiger partial charge in [-0.15, -0.1) is 0 Å². The number of pyridine rings is 1. The third-order valence-electron chi connectivity index (χ3n) is 2.53. The van der Waals surface area contributed by atoms with Crippen LogP contribution in [0.25, 0.3) is 0 Å². The SMILES string of the molecule is N#Cc1ccc(C(=O)NCc2cccc(N)c2)nc1. The monoisotopic (exact) mass is 252 g/mol. The topological polar surface area (TPSA) is 91.8 Å². The van der Waals surface area contributed by atoms with Crippen LogP contribution in [0.15, 0.2) is 42.6 Å². The first kappa shape index (κ1) is 12.6. The van der Waals surface area contributed by atoms with Crippen molar-refractivity contribution in [3.63, 3.8) is 0 Å². The number of carbonyl (C=O) groups is 1. The number of rotatable bonds is 3. The van der Waals surface area contributed by atoms with Gasteiger partial charge in [0.1, 0.15) is 11.8 Å². The fourth-order valence-electron chi connectivity index (χ4n) is 1.57. The number of nitrogens with zero attached hydrogens (tertiary/aromatic N) is 2. The van der Waals surface area contributed by atoms with Crippen LogP contribution >= 0.6 is 0 Å². The molecule has 19 heavy (non-hydrogen) atoms. The number of nitrogens with two attached hydrogens (primary N) is 1. The van der Waals surface area contributed by atoms with Crippen LogP contribution < -0.4 is 11.1 Å². The molecule has 3 N–H and O–H groups in total. The van der Waals surface area contributed by atoms with Crippen LogP contribution in [0.3, 0.4) is 0 Å². The largest absolute Gasteiger partial charge is 0.399 e. The second kappa shape index (κ2) is 5.65. The molecule has 5 nitrogen and oxygen atoms in total. The fraction of sp³-hybridized carbons (Fsp3) is 0.0714. The second-order valence-electron chi connectivity index (χ2n) is 3.97. The lowest BCUT2D eigenvalue weighted by Gasteiger charge is -2.05. The molecule has 0 saturated carbocycles. The van der Waals surface area contributed by atoms with E-state index in [-0.39, 0.29) is 11.6 Å². The van der Waals surface area contributed by atoms with E-state index in [0.29, 0.717) is 17.8 Å². The third-order valence-corrected chi connectivity index (χ3v) is 2.53. The van der Waals surface area contributed by atoms with Gasteiger partial charge in [0.2, 0.25) is 0 Å². The van der Waals surface area contributed by atoms with E-state index in [1.165, 1.54) is 12.3 Å². The van der Waals surface area contributed by atoms with Crippen molar-refractivity contribution in [2.45, 2.75) is 6.54 Å². The maximum atomic E-state index is 11.8. The summed E-state index contributed by atoms with van der Waals surface area (Å²) in [6.45, 7) is 0.381. The van der Waals surface area contributed by atoms with Crippen molar-refractivity contribution in [2.75, 3.05) is 5.73 Å². The highest BCUT2D eigenvalue weighted by atomic mass is 16.1.